The number of rotatable bonds is 10. The fraction of sp³-hybridized carbons (Fsp3) is 0.364. The van der Waals surface area contributed by atoms with E-state index in [4.69, 9.17) is 18.9 Å². The van der Waals surface area contributed by atoms with Crippen molar-refractivity contribution in [3.63, 3.8) is 0 Å². The number of carbonyl (C=O) groups is 3. The standard InChI is InChI=1S/C22H25N5O7S/c1-6-33-14-9-8-13(10-15(14)34-7-2)19-24-26-27(25-19)11-16(28)23-20-17(21(29)31-4)12(3)18(35-20)22(30)32-5/h8-10H,6-7,11H2,1-5H3,(H,23,28). The number of hydrogen-bond acceptors (Lipinski definition) is 11. The minimum absolute atomic E-state index is 0.0799. The van der Waals surface area contributed by atoms with Crippen LogP contribution in [0, 0.1) is 6.92 Å². The number of esters is 2. The molecule has 12 nitrogen and oxygen atoms in total. The summed E-state index contributed by atoms with van der Waals surface area (Å²) in [6, 6.07) is 5.26. The molecule has 1 aromatic carbocycles. The van der Waals surface area contributed by atoms with Crippen molar-refractivity contribution in [3.8, 4) is 22.9 Å². The Morgan fingerprint density at radius 3 is 2.37 bits per heavy atom. The largest absolute Gasteiger partial charge is 0.490 e. The second kappa shape index (κ2) is 11.4. The van der Waals surface area contributed by atoms with Crippen molar-refractivity contribution in [3.05, 3.63) is 34.2 Å². The number of benzene rings is 1. The van der Waals surface area contributed by atoms with Crippen LogP contribution in [0.1, 0.15) is 39.4 Å². The molecule has 0 spiro atoms. The Bertz CT molecular complexity index is 1240. The summed E-state index contributed by atoms with van der Waals surface area (Å²) in [6.07, 6.45) is 0. The lowest BCUT2D eigenvalue weighted by Crippen LogP contribution is -2.21. The molecule has 3 aromatic rings. The van der Waals surface area contributed by atoms with Gasteiger partial charge in [-0.15, -0.1) is 21.5 Å². The van der Waals surface area contributed by atoms with Gasteiger partial charge in [-0.05, 0) is 49.7 Å². The van der Waals surface area contributed by atoms with E-state index in [1.165, 1.54) is 14.2 Å². The zero-order chi connectivity index (χ0) is 25.5. The topological polar surface area (TPSA) is 144 Å². The maximum absolute atomic E-state index is 12.7. The molecule has 0 saturated heterocycles. The molecule has 2 heterocycles. The lowest BCUT2D eigenvalue weighted by molar-refractivity contribution is -0.117. The van der Waals surface area contributed by atoms with Gasteiger partial charge in [-0.25, -0.2) is 9.59 Å². The van der Waals surface area contributed by atoms with Crippen molar-refractivity contribution < 1.29 is 33.3 Å². The summed E-state index contributed by atoms with van der Waals surface area (Å²) < 4.78 is 20.7. The van der Waals surface area contributed by atoms with Crippen LogP contribution in [0.3, 0.4) is 0 Å². The number of amides is 1. The van der Waals surface area contributed by atoms with E-state index in [1.807, 2.05) is 13.8 Å². The Morgan fingerprint density at radius 1 is 1.03 bits per heavy atom. The van der Waals surface area contributed by atoms with Gasteiger partial charge < -0.3 is 24.3 Å². The number of carbonyl (C=O) groups excluding carboxylic acids is 3. The van der Waals surface area contributed by atoms with Crippen LogP contribution in [-0.4, -0.2) is 65.5 Å². The molecule has 0 unspecified atom stereocenters. The minimum atomic E-state index is -0.689. The number of nitrogens with zero attached hydrogens (tertiary/aromatic N) is 4. The zero-order valence-corrected chi connectivity index (χ0v) is 20.7. The first-order valence-electron chi connectivity index (χ1n) is 10.6. The lowest BCUT2D eigenvalue weighted by atomic mass is 10.1. The Balaban J connectivity index is 1.79. The molecular formula is C22H25N5O7S. The number of aromatic nitrogens is 4. The summed E-state index contributed by atoms with van der Waals surface area (Å²) in [4.78, 5) is 38.2. The van der Waals surface area contributed by atoms with Crippen LogP contribution in [0.15, 0.2) is 18.2 Å². The van der Waals surface area contributed by atoms with Crippen LogP contribution >= 0.6 is 11.3 Å². The predicted molar refractivity (Wildman–Crippen MR) is 126 cm³/mol. The third kappa shape index (κ3) is 5.74. The van der Waals surface area contributed by atoms with Gasteiger partial charge in [-0.1, -0.05) is 0 Å². The number of anilines is 1. The smallest absolute Gasteiger partial charge is 0.348 e. The molecular weight excluding hydrogens is 478 g/mol. The van der Waals surface area contributed by atoms with Crippen LogP contribution in [0.4, 0.5) is 5.00 Å². The van der Waals surface area contributed by atoms with Crippen molar-refractivity contribution in [1.82, 2.24) is 20.2 Å². The molecule has 0 bridgehead atoms. The molecule has 0 radical (unpaired) electrons. The maximum atomic E-state index is 12.7. The molecule has 186 valence electrons. The Hall–Kier alpha value is -4.00. The Kier molecular flexibility index (Phi) is 8.36. The third-order valence-electron chi connectivity index (χ3n) is 4.70. The van der Waals surface area contributed by atoms with Crippen molar-refractivity contribution in [2.45, 2.75) is 27.3 Å². The van der Waals surface area contributed by atoms with Crippen LogP contribution in [0.2, 0.25) is 0 Å². The first kappa shape index (κ1) is 25.6. The van der Waals surface area contributed by atoms with Crippen molar-refractivity contribution in [2.24, 2.45) is 0 Å². The second-order valence-corrected chi connectivity index (χ2v) is 7.98. The number of hydrogen-bond donors (Lipinski definition) is 1. The van der Waals surface area contributed by atoms with Crippen LogP contribution in [-0.2, 0) is 20.8 Å². The van der Waals surface area contributed by atoms with E-state index in [0.717, 1.165) is 16.1 Å². The number of tetrazole rings is 1. The molecule has 35 heavy (non-hydrogen) atoms. The van der Waals surface area contributed by atoms with Gasteiger partial charge >= 0.3 is 11.9 Å². The quantitative estimate of drug-likeness (QED) is 0.410. The van der Waals surface area contributed by atoms with Crippen LogP contribution in [0.25, 0.3) is 11.4 Å². The van der Waals surface area contributed by atoms with Crippen molar-refractivity contribution >= 4 is 34.2 Å². The average molecular weight is 504 g/mol. The maximum Gasteiger partial charge on any atom is 0.348 e. The number of nitrogens with one attached hydrogen (secondary N) is 1. The number of ether oxygens (including phenoxy) is 4. The number of thiophene rings is 1. The fourth-order valence-electron chi connectivity index (χ4n) is 3.15. The zero-order valence-electron chi connectivity index (χ0n) is 19.9. The lowest BCUT2D eigenvalue weighted by Gasteiger charge is -2.11. The summed E-state index contributed by atoms with van der Waals surface area (Å²) >= 11 is 0.916. The molecule has 13 heteroatoms. The van der Waals surface area contributed by atoms with E-state index in [9.17, 15) is 14.4 Å². The van der Waals surface area contributed by atoms with Gasteiger partial charge in [0.25, 0.3) is 0 Å². The van der Waals surface area contributed by atoms with Gasteiger partial charge in [-0.3, -0.25) is 4.79 Å². The Labute approximate surface area is 205 Å². The fourth-order valence-corrected chi connectivity index (χ4v) is 4.28. The van der Waals surface area contributed by atoms with Gasteiger partial charge in [-0.2, -0.15) is 4.80 Å². The highest BCUT2D eigenvalue weighted by Crippen LogP contribution is 2.34. The van der Waals surface area contributed by atoms with Crippen molar-refractivity contribution in [1.29, 1.82) is 0 Å². The van der Waals surface area contributed by atoms with Crippen molar-refractivity contribution in [2.75, 3.05) is 32.8 Å². The highest BCUT2D eigenvalue weighted by Gasteiger charge is 2.27. The molecule has 1 amide bonds. The summed E-state index contributed by atoms with van der Waals surface area (Å²) in [5.74, 6) is -0.404. The first-order valence-corrected chi connectivity index (χ1v) is 11.4. The van der Waals surface area contributed by atoms with E-state index < -0.39 is 17.8 Å². The molecule has 0 fully saturated rings. The van der Waals surface area contributed by atoms with Gasteiger partial charge in [0.15, 0.2) is 11.5 Å². The normalized spacial score (nSPS) is 10.5. The van der Waals surface area contributed by atoms with E-state index in [0.29, 0.717) is 35.8 Å². The predicted octanol–water partition coefficient (Wildman–Crippen LogP) is 2.72. The highest BCUT2D eigenvalue weighted by atomic mass is 32.1. The molecule has 0 aliphatic heterocycles. The molecule has 3 rings (SSSR count). The SMILES string of the molecule is CCOc1ccc(-c2nnn(CC(=O)Nc3sc(C(=O)OC)c(C)c3C(=O)OC)n2)cc1OCC. The van der Waals surface area contributed by atoms with E-state index in [2.05, 4.69) is 20.7 Å². The molecule has 0 aliphatic carbocycles. The van der Waals surface area contributed by atoms with E-state index in [-0.39, 0.29) is 27.8 Å². The number of methoxy groups -OCH3 is 2. The summed E-state index contributed by atoms with van der Waals surface area (Å²) in [5.41, 5.74) is 1.07. The van der Waals surface area contributed by atoms with Gasteiger partial charge in [0.1, 0.15) is 16.4 Å². The molecule has 1 N–H and O–H groups in total. The van der Waals surface area contributed by atoms with Gasteiger partial charge in [0.2, 0.25) is 11.7 Å². The summed E-state index contributed by atoms with van der Waals surface area (Å²) in [7, 11) is 2.44. The molecule has 0 saturated carbocycles. The van der Waals surface area contributed by atoms with Gasteiger partial charge in [0, 0.05) is 5.56 Å². The minimum Gasteiger partial charge on any atom is -0.490 e. The van der Waals surface area contributed by atoms with E-state index >= 15 is 0 Å². The molecule has 0 aliphatic rings. The van der Waals surface area contributed by atoms with Crippen LogP contribution < -0.4 is 14.8 Å². The van der Waals surface area contributed by atoms with Crippen LogP contribution in [0.5, 0.6) is 11.5 Å². The third-order valence-corrected chi connectivity index (χ3v) is 5.89. The molecule has 2 aromatic heterocycles. The Morgan fingerprint density at radius 2 is 1.71 bits per heavy atom. The second-order valence-electron chi connectivity index (χ2n) is 6.96. The molecule has 0 atom stereocenters. The summed E-state index contributed by atoms with van der Waals surface area (Å²) in [6.45, 7) is 5.98. The monoisotopic (exact) mass is 503 g/mol. The first-order chi connectivity index (χ1) is 16.8. The highest BCUT2D eigenvalue weighted by molar-refractivity contribution is 7.18. The average Bonchev–Trinajstić information content (AvgIpc) is 3.43. The summed E-state index contributed by atoms with van der Waals surface area (Å²) in [5, 5.41) is 15.0. The van der Waals surface area contributed by atoms with E-state index in [1.54, 1.807) is 25.1 Å². The van der Waals surface area contributed by atoms with Gasteiger partial charge in [0.05, 0.1) is 33.0 Å².